The van der Waals surface area contributed by atoms with Gasteiger partial charge in [-0.05, 0) is 62.4 Å². The van der Waals surface area contributed by atoms with Crippen molar-refractivity contribution < 1.29 is 19.1 Å². The maximum Gasteiger partial charge on any atom is 0.352 e. The van der Waals surface area contributed by atoms with E-state index >= 15 is 0 Å². The minimum Gasteiger partial charge on any atom is -0.479 e. The molecule has 0 aromatic heterocycles. The molecule has 5 heteroatoms. The molecule has 1 unspecified atom stereocenters. The van der Waals surface area contributed by atoms with Crippen molar-refractivity contribution in [3.8, 4) is 11.5 Å². The average Bonchev–Trinajstić information content (AvgIpc) is 2.74. The molecule has 1 amide bonds. The van der Waals surface area contributed by atoms with Gasteiger partial charge in [-0.3, -0.25) is 4.79 Å². The Morgan fingerprint density at radius 1 is 0.828 bits per heavy atom. The second kappa shape index (κ2) is 9.06. The molecule has 0 fully saturated rings. The molecule has 0 N–H and O–H groups in total. The van der Waals surface area contributed by atoms with E-state index in [0.717, 1.165) is 5.56 Å². The molecular formula is C24H23NO4. The molecule has 29 heavy (non-hydrogen) atoms. The van der Waals surface area contributed by atoms with Crippen LogP contribution in [0.2, 0.25) is 0 Å². The third-order valence-electron chi connectivity index (χ3n) is 4.43. The zero-order valence-electron chi connectivity index (χ0n) is 16.7. The van der Waals surface area contributed by atoms with Crippen LogP contribution in [0.25, 0.3) is 0 Å². The number of carbonyl (C=O) groups is 2. The summed E-state index contributed by atoms with van der Waals surface area (Å²) in [6.45, 7) is 3.61. The van der Waals surface area contributed by atoms with Gasteiger partial charge in [-0.25, -0.2) is 4.79 Å². The number of amides is 1. The summed E-state index contributed by atoms with van der Waals surface area (Å²) in [5.74, 6) is 0.382. The van der Waals surface area contributed by atoms with Crippen LogP contribution < -0.4 is 14.4 Å². The highest BCUT2D eigenvalue weighted by Gasteiger charge is 2.18. The number of aryl methyl sites for hydroxylation is 1. The lowest BCUT2D eigenvalue weighted by atomic mass is 10.1. The van der Waals surface area contributed by atoms with Gasteiger partial charge in [-0.15, -0.1) is 0 Å². The van der Waals surface area contributed by atoms with Crippen LogP contribution in [0.3, 0.4) is 0 Å². The van der Waals surface area contributed by atoms with E-state index in [4.69, 9.17) is 9.47 Å². The predicted octanol–water partition coefficient (Wildman–Crippen LogP) is 4.64. The smallest absolute Gasteiger partial charge is 0.352 e. The van der Waals surface area contributed by atoms with Gasteiger partial charge in [0.15, 0.2) is 6.10 Å². The number of ether oxygens (including phenoxy) is 2. The third-order valence-corrected chi connectivity index (χ3v) is 4.43. The lowest BCUT2D eigenvalue weighted by molar-refractivity contribution is -0.141. The Morgan fingerprint density at radius 3 is 2.07 bits per heavy atom. The topological polar surface area (TPSA) is 55.8 Å². The molecule has 3 aromatic rings. The van der Waals surface area contributed by atoms with Crippen molar-refractivity contribution in [3.05, 3.63) is 90.0 Å². The molecule has 3 aromatic carbocycles. The Hall–Kier alpha value is -3.60. The largest absolute Gasteiger partial charge is 0.479 e. The van der Waals surface area contributed by atoms with Gasteiger partial charge in [-0.1, -0.05) is 35.9 Å². The van der Waals surface area contributed by atoms with Crippen LogP contribution in [-0.4, -0.2) is 25.0 Å². The minimum atomic E-state index is -0.747. The van der Waals surface area contributed by atoms with E-state index in [-0.39, 0.29) is 5.91 Å². The lowest BCUT2D eigenvalue weighted by Crippen LogP contribution is -2.28. The van der Waals surface area contributed by atoms with Gasteiger partial charge in [-0.2, -0.15) is 0 Å². The molecule has 0 heterocycles. The number of hydrogen-bond acceptors (Lipinski definition) is 4. The van der Waals surface area contributed by atoms with Crippen molar-refractivity contribution in [3.63, 3.8) is 0 Å². The maximum atomic E-state index is 12.6. The summed E-state index contributed by atoms with van der Waals surface area (Å²) in [6, 6.07) is 23.3. The van der Waals surface area contributed by atoms with E-state index in [2.05, 4.69) is 0 Å². The molecule has 0 aliphatic carbocycles. The number of para-hydroxylation sites is 1. The normalized spacial score (nSPS) is 11.4. The van der Waals surface area contributed by atoms with Gasteiger partial charge in [0.2, 0.25) is 0 Å². The third kappa shape index (κ3) is 5.23. The molecular weight excluding hydrogens is 366 g/mol. The van der Waals surface area contributed by atoms with E-state index < -0.39 is 12.1 Å². The Kier molecular flexibility index (Phi) is 6.29. The SMILES string of the molecule is Cc1ccc(C(=O)N(C)c2ccc(OC(=O)C(C)Oc3ccccc3)cc2)cc1. The molecule has 0 aliphatic rings. The monoisotopic (exact) mass is 389 g/mol. The summed E-state index contributed by atoms with van der Waals surface area (Å²) in [6.07, 6.45) is -0.747. The second-order valence-corrected chi connectivity index (χ2v) is 6.72. The van der Waals surface area contributed by atoms with Gasteiger partial charge in [0, 0.05) is 18.3 Å². The van der Waals surface area contributed by atoms with Crippen molar-refractivity contribution in [2.24, 2.45) is 0 Å². The summed E-state index contributed by atoms with van der Waals surface area (Å²) in [7, 11) is 1.71. The summed E-state index contributed by atoms with van der Waals surface area (Å²) in [4.78, 5) is 26.4. The number of hydrogen-bond donors (Lipinski definition) is 0. The van der Waals surface area contributed by atoms with Crippen LogP contribution in [0.5, 0.6) is 11.5 Å². The molecule has 0 saturated heterocycles. The Balaban J connectivity index is 1.61. The maximum absolute atomic E-state index is 12.6. The van der Waals surface area contributed by atoms with E-state index in [1.165, 1.54) is 0 Å². The first-order valence-electron chi connectivity index (χ1n) is 9.32. The standard InChI is InChI=1S/C24H23NO4/c1-17-9-11-19(12-10-17)23(26)25(3)20-13-15-22(16-14-20)29-24(27)18(2)28-21-7-5-4-6-8-21/h4-16,18H,1-3H3. The second-order valence-electron chi connectivity index (χ2n) is 6.72. The van der Waals surface area contributed by atoms with Gasteiger partial charge in [0.1, 0.15) is 11.5 Å². The molecule has 5 nitrogen and oxygen atoms in total. The molecule has 0 radical (unpaired) electrons. The molecule has 148 valence electrons. The Labute approximate surface area is 170 Å². The van der Waals surface area contributed by atoms with Crippen molar-refractivity contribution >= 4 is 17.6 Å². The zero-order valence-corrected chi connectivity index (χ0v) is 16.7. The fourth-order valence-electron chi connectivity index (χ4n) is 2.70. The number of esters is 1. The molecule has 0 aliphatic heterocycles. The van der Waals surface area contributed by atoms with Gasteiger partial charge >= 0.3 is 5.97 Å². The number of carbonyl (C=O) groups excluding carboxylic acids is 2. The number of benzene rings is 3. The van der Waals surface area contributed by atoms with Crippen molar-refractivity contribution in [1.29, 1.82) is 0 Å². The quantitative estimate of drug-likeness (QED) is 0.455. The zero-order chi connectivity index (χ0) is 20.8. The van der Waals surface area contributed by atoms with Gasteiger partial charge in [0.25, 0.3) is 5.91 Å². The molecule has 0 saturated carbocycles. The fourth-order valence-corrected chi connectivity index (χ4v) is 2.70. The minimum absolute atomic E-state index is 0.111. The summed E-state index contributed by atoms with van der Waals surface area (Å²) < 4.78 is 10.9. The fraction of sp³-hybridized carbons (Fsp3) is 0.167. The summed E-state index contributed by atoms with van der Waals surface area (Å²) in [5, 5.41) is 0. The molecule has 1 atom stereocenters. The molecule has 0 spiro atoms. The Bertz CT molecular complexity index is 966. The van der Waals surface area contributed by atoms with Crippen LogP contribution in [-0.2, 0) is 4.79 Å². The summed E-state index contributed by atoms with van der Waals surface area (Å²) in [5.41, 5.74) is 2.41. The first-order valence-corrected chi connectivity index (χ1v) is 9.32. The first-order chi connectivity index (χ1) is 13.9. The average molecular weight is 389 g/mol. The van der Waals surface area contributed by atoms with Crippen molar-refractivity contribution in [1.82, 2.24) is 0 Å². The van der Waals surface area contributed by atoms with E-state index in [1.54, 1.807) is 67.4 Å². The highest BCUT2D eigenvalue weighted by Crippen LogP contribution is 2.21. The van der Waals surface area contributed by atoms with Crippen molar-refractivity contribution in [2.45, 2.75) is 20.0 Å². The summed E-state index contributed by atoms with van der Waals surface area (Å²) >= 11 is 0. The molecule has 0 bridgehead atoms. The van der Waals surface area contributed by atoms with Crippen molar-refractivity contribution in [2.75, 3.05) is 11.9 Å². The van der Waals surface area contributed by atoms with E-state index in [1.807, 2.05) is 37.3 Å². The van der Waals surface area contributed by atoms with Gasteiger partial charge < -0.3 is 14.4 Å². The Morgan fingerprint density at radius 2 is 1.45 bits per heavy atom. The van der Waals surface area contributed by atoms with Gasteiger partial charge in [0.05, 0.1) is 0 Å². The van der Waals surface area contributed by atoms with Crippen LogP contribution in [0.15, 0.2) is 78.9 Å². The molecule has 3 rings (SSSR count). The highest BCUT2D eigenvalue weighted by molar-refractivity contribution is 6.05. The van der Waals surface area contributed by atoms with Crippen LogP contribution >= 0.6 is 0 Å². The first kappa shape index (κ1) is 20.1. The number of anilines is 1. The lowest BCUT2D eigenvalue weighted by Gasteiger charge is -2.18. The van der Waals surface area contributed by atoms with E-state index in [9.17, 15) is 9.59 Å². The van der Waals surface area contributed by atoms with Crippen LogP contribution in [0.4, 0.5) is 5.69 Å². The predicted molar refractivity (Wildman–Crippen MR) is 113 cm³/mol. The number of rotatable bonds is 6. The van der Waals surface area contributed by atoms with Crippen LogP contribution in [0.1, 0.15) is 22.8 Å². The van der Waals surface area contributed by atoms with Crippen LogP contribution in [0, 0.1) is 6.92 Å². The highest BCUT2D eigenvalue weighted by atomic mass is 16.6. The number of nitrogens with zero attached hydrogens (tertiary/aromatic N) is 1. The van der Waals surface area contributed by atoms with E-state index in [0.29, 0.717) is 22.7 Å².